The van der Waals surface area contributed by atoms with Crippen molar-refractivity contribution in [2.75, 3.05) is 33.7 Å². The van der Waals surface area contributed by atoms with Crippen LogP contribution in [0.3, 0.4) is 0 Å². The van der Waals surface area contributed by atoms with Crippen LogP contribution in [0.1, 0.15) is 43.5 Å². The van der Waals surface area contributed by atoms with Crippen LogP contribution in [0.2, 0.25) is 0 Å². The number of hydrogen-bond acceptors (Lipinski definition) is 12. The number of carbonyl (C=O) groups excluding carboxylic acids is 2. The molecule has 49 heavy (non-hydrogen) atoms. The highest BCUT2D eigenvalue weighted by atomic mass is 79.9. The average molecular weight is 742 g/mol. The predicted octanol–water partition coefficient (Wildman–Crippen LogP) is 4.68. The minimum atomic E-state index is -1.18. The van der Waals surface area contributed by atoms with Gasteiger partial charge in [0.25, 0.3) is 0 Å². The van der Waals surface area contributed by atoms with Gasteiger partial charge in [0.05, 0.1) is 42.6 Å². The van der Waals surface area contributed by atoms with E-state index in [9.17, 15) is 14.7 Å². The van der Waals surface area contributed by atoms with Gasteiger partial charge in [0.2, 0.25) is 6.79 Å². The van der Waals surface area contributed by atoms with Gasteiger partial charge in [-0.2, -0.15) is 5.10 Å². The molecule has 0 bridgehead atoms. The first-order valence-electron chi connectivity index (χ1n) is 15.4. The maximum Gasteiger partial charge on any atom is 0.337 e. The third kappa shape index (κ3) is 8.66. The van der Waals surface area contributed by atoms with Gasteiger partial charge in [0.15, 0.2) is 40.7 Å². The van der Waals surface area contributed by atoms with Gasteiger partial charge < -0.3 is 48.9 Å². The van der Waals surface area contributed by atoms with Crippen LogP contribution in [-0.4, -0.2) is 63.3 Å². The monoisotopic (exact) mass is 740 g/mol. The summed E-state index contributed by atoms with van der Waals surface area (Å²) in [5.41, 5.74) is 5.46. The summed E-state index contributed by atoms with van der Waals surface area (Å²) in [5, 5.41) is 20.0. The molecule has 3 aromatic rings. The zero-order chi connectivity index (χ0) is 34.9. The fourth-order valence-electron chi connectivity index (χ4n) is 5.07. The van der Waals surface area contributed by atoms with Crippen LogP contribution in [0.15, 0.2) is 69.4 Å². The molecule has 2 atom stereocenters. The molecular formula is C34H37BrN4O10. The highest BCUT2D eigenvalue weighted by Crippen LogP contribution is 2.39. The summed E-state index contributed by atoms with van der Waals surface area (Å²) in [5.74, 6) is 2.56. The molecular weight excluding hydrogens is 704 g/mol. The van der Waals surface area contributed by atoms with E-state index in [2.05, 4.69) is 37.1 Å². The number of aliphatic hydroxyl groups is 1. The second-order valence-corrected chi connectivity index (χ2v) is 11.5. The van der Waals surface area contributed by atoms with Crippen molar-refractivity contribution in [2.45, 2.75) is 39.6 Å². The Bertz CT molecular complexity index is 1750. The lowest BCUT2D eigenvalue weighted by Crippen LogP contribution is -2.45. The van der Waals surface area contributed by atoms with E-state index < -0.39 is 24.3 Å². The van der Waals surface area contributed by atoms with Crippen molar-refractivity contribution in [1.29, 1.82) is 0 Å². The number of benzene rings is 3. The molecule has 0 saturated carbocycles. The number of rotatable bonds is 15. The largest absolute Gasteiger partial charge is 0.490 e. The maximum atomic E-state index is 12.5. The maximum absolute atomic E-state index is 12.5. The first kappa shape index (κ1) is 35.2. The molecule has 260 valence electrons. The molecule has 15 heteroatoms. The van der Waals surface area contributed by atoms with Crippen LogP contribution in [0.5, 0.6) is 34.5 Å². The van der Waals surface area contributed by atoms with Gasteiger partial charge in [-0.25, -0.2) is 9.59 Å². The summed E-state index contributed by atoms with van der Waals surface area (Å²) in [7, 11) is 1.27. The van der Waals surface area contributed by atoms with Crippen LogP contribution in [0, 0.1) is 0 Å². The van der Waals surface area contributed by atoms with E-state index in [1.807, 2.05) is 38.1 Å². The van der Waals surface area contributed by atoms with Gasteiger partial charge in [-0.15, -0.1) is 0 Å². The number of nitrogens with zero attached hydrogens (tertiary/aromatic N) is 1. The summed E-state index contributed by atoms with van der Waals surface area (Å²) >= 11 is 3.57. The van der Waals surface area contributed by atoms with E-state index >= 15 is 0 Å². The normalized spacial score (nSPS) is 15.7. The Balaban J connectivity index is 1.21. The van der Waals surface area contributed by atoms with Gasteiger partial charge in [-0.05, 0) is 89.8 Å². The molecule has 14 nitrogen and oxygen atoms in total. The van der Waals surface area contributed by atoms with Crippen molar-refractivity contribution >= 4 is 34.1 Å². The molecule has 2 heterocycles. The molecule has 0 spiro atoms. The summed E-state index contributed by atoms with van der Waals surface area (Å²) in [4.78, 5) is 24.7. The molecule has 4 N–H and O–H groups in total. The van der Waals surface area contributed by atoms with Gasteiger partial charge >= 0.3 is 12.0 Å². The Kier molecular flexibility index (Phi) is 11.7. The number of methoxy groups -OCH3 is 1. The SMILES string of the molecule is CCOc1cc([C@@H]2NC(=O)NC(C)=C2C(=O)OC)ccc1OC[C@H](O)N/N=C\c1cc(Br)c(OCc2ccc3c(c2)OCO3)c(OCC)c1. The smallest absolute Gasteiger partial charge is 0.337 e. The van der Waals surface area contributed by atoms with Gasteiger partial charge in [-0.3, -0.25) is 5.43 Å². The van der Waals surface area contributed by atoms with Crippen LogP contribution >= 0.6 is 15.9 Å². The van der Waals surface area contributed by atoms with Crippen LogP contribution in [-0.2, 0) is 16.1 Å². The number of amides is 2. The van der Waals surface area contributed by atoms with Crippen LogP contribution in [0.4, 0.5) is 4.79 Å². The van der Waals surface area contributed by atoms with E-state index in [1.165, 1.54) is 13.3 Å². The summed E-state index contributed by atoms with van der Waals surface area (Å²) < 4.78 is 40.0. The number of nitrogens with one attached hydrogen (secondary N) is 3. The number of ether oxygens (including phenoxy) is 7. The standard InChI is InChI=1S/C34H37BrN4O10/c1-5-44-27-14-22(31-30(33(41)43-4)19(3)37-34(42)38-31)8-10-24(27)46-17-29(40)39-36-15-21-11-23(35)32(28(13-21)45-6-2)47-16-20-7-9-25-26(12-20)49-18-48-25/h7-15,29,31,39-40H,5-6,16-18H2,1-4H3,(H2,37,38,42)/b36-15-/t29-,31-/m0/s1. The molecule has 3 aromatic carbocycles. The molecule has 2 aliphatic heterocycles. The predicted molar refractivity (Wildman–Crippen MR) is 181 cm³/mol. The Morgan fingerprint density at radius 1 is 1.04 bits per heavy atom. The van der Waals surface area contributed by atoms with Crippen molar-refractivity contribution in [3.05, 3.63) is 81.0 Å². The summed E-state index contributed by atoms with van der Waals surface area (Å²) in [6.45, 7) is 6.36. The Labute approximate surface area is 291 Å². The first-order chi connectivity index (χ1) is 23.7. The molecule has 0 aromatic heterocycles. The van der Waals surface area contributed by atoms with Crippen LogP contribution in [0.25, 0.3) is 0 Å². The molecule has 2 amide bonds. The number of carbonyl (C=O) groups is 2. The lowest BCUT2D eigenvalue weighted by molar-refractivity contribution is -0.136. The Hall–Kier alpha value is -5.15. The minimum absolute atomic E-state index is 0.173. The fraction of sp³-hybridized carbons (Fsp3) is 0.324. The molecule has 0 radical (unpaired) electrons. The zero-order valence-electron chi connectivity index (χ0n) is 27.3. The number of hydrazone groups is 1. The van der Waals surface area contributed by atoms with Crippen molar-refractivity contribution < 1.29 is 47.9 Å². The van der Waals surface area contributed by atoms with Crippen molar-refractivity contribution in [2.24, 2.45) is 5.10 Å². The molecule has 0 unspecified atom stereocenters. The number of hydrogen-bond donors (Lipinski definition) is 4. The highest BCUT2D eigenvalue weighted by molar-refractivity contribution is 9.10. The van der Waals surface area contributed by atoms with E-state index in [0.717, 1.165) is 5.56 Å². The molecule has 2 aliphatic rings. The molecule has 0 fully saturated rings. The summed E-state index contributed by atoms with van der Waals surface area (Å²) in [6, 6.07) is 13.0. The number of urea groups is 1. The second kappa shape index (κ2) is 16.3. The second-order valence-electron chi connectivity index (χ2n) is 10.7. The Morgan fingerprint density at radius 3 is 2.59 bits per heavy atom. The number of halogens is 1. The molecule has 0 saturated heterocycles. The van der Waals surface area contributed by atoms with E-state index in [4.69, 9.17) is 33.2 Å². The van der Waals surface area contributed by atoms with Crippen molar-refractivity contribution in [3.63, 3.8) is 0 Å². The quantitative estimate of drug-likeness (QED) is 0.0740. The number of esters is 1. The van der Waals surface area contributed by atoms with E-state index in [-0.39, 0.29) is 25.6 Å². The van der Waals surface area contributed by atoms with Gasteiger partial charge in [0.1, 0.15) is 13.2 Å². The lowest BCUT2D eigenvalue weighted by Gasteiger charge is -2.28. The molecule has 0 aliphatic carbocycles. The average Bonchev–Trinajstić information content (AvgIpc) is 3.55. The highest BCUT2D eigenvalue weighted by Gasteiger charge is 2.32. The fourth-order valence-corrected chi connectivity index (χ4v) is 5.65. The topological polar surface area (TPSA) is 167 Å². The number of allylic oxidation sites excluding steroid dienone is 1. The number of aliphatic hydroxyl groups excluding tert-OH is 1. The van der Waals surface area contributed by atoms with E-state index in [1.54, 1.807) is 31.2 Å². The summed E-state index contributed by atoms with van der Waals surface area (Å²) in [6.07, 6.45) is 0.352. The van der Waals surface area contributed by atoms with Crippen molar-refractivity contribution in [3.8, 4) is 34.5 Å². The zero-order valence-corrected chi connectivity index (χ0v) is 28.9. The molecule has 5 rings (SSSR count). The number of fused-ring (bicyclic) bond motifs is 1. The van der Waals surface area contributed by atoms with E-state index in [0.29, 0.717) is 69.0 Å². The Morgan fingerprint density at radius 2 is 1.82 bits per heavy atom. The van der Waals surface area contributed by atoms with Crippen molar-refractivity contribution in [1.82, 2.24) is 16.1 Å². The first-order valence-corrected chi connectivity index (χ1v) is 16.2. The third-order valence-corrected chi connectivity index (χ3v) is 7.85. The third-order valence-electron chi connectivity index (χ3n) is 7.26. The van der Waals surface area contributed by atoms with Gasteiger partial charge in [0, 0.05) is 5.70 Å². The minimum Gasteiger partial charge on any atom is -0.490 e. The van der Waals surface area contributed by atoms with Gasteiger partial charge in [-0.1, -0.05) is 12.1 Å². The lowest BCUT2D eigenvalue weighted by atomic mass is 9.95. The van der Waals surface area contributed by atoms with Crippen LogP contribution < -0.4 is 44.5 Å².